The summed E-state index contributed by atoms with van der Waals surface area (Å²) in [4.78, 5) is 33.6. The SMILES string of the molecule is COc1ccc(/C=N\NC(=O)C(=O)Nc2ccccc2F)cc1[N+](=O)[O-]. The number of halogens is 1. The molecule has 0 saturated heterocycles. The van der Waals surface area contributed by atoms with Gasteiger partial charge < -0.3 is 10.1 Å². The lowest BCUT2D eigenvalue weighted by atomic mass is 10.2. The molecule has 0 heterocycles. The number of hydrogen-bond donors (Lipinski definition) is 2. The van der Waals surface area contributed by atoms with Crippen molar-refractivity contribution in [3.05, 3.63) is 64.0 Å². The molecule has 0 bridgehead atoms. The van der Waals surface area contributed by atoms with Crippen LogP contribution in [0.15, 0.2) is 47.6 Å². The predicted molar refractivity (Wildman–Crippen MR) is 90.4 cm³/mol. The molecule has 9 nitrogen and oxygen atoms in total. The number of carbonyl (C=O) groups is 2. The quantitative estimate of drug-likeness (QED) is 0.364. The van der Waals surface area contributed by atoms with E-state index in [1.165, 1.54) is 43.5 Å². The summed E-state index contributed by atoms with van der Waals surface area (Å²) < 4.78 is 18.3. The number of ether oxygens (including phenoxy) is 1. The van der Waals surface area contributed by atoms with Crippen molar-refractivity contribution in [1.82, 2.24) is 5.43 Å². The lowest BCUT2D eigenvalue weighted by Crippen LogP contribution is -2.32. The number of methoxy groups -OCH3 is 1. The second-order valence-corrected chi connectivity index (χ2v) is 4.82. The summed E-state index contributed by atoms with van der Waals surface area (Å²) in [6.45, 7) is 0. The highest BCUT2D eigenvalue weighted by atomic mass is 19.1. The van der Waals surface area contributed by atoms with Crippen molar-refractivity contribution in [1.29, 1.82) is 0 Å². The van der Waals surface area contributed by atoms with Gasteiger partial charge in [-0.15, -0.1) is 0 Å². The molecule has 26 heavy (non-hydrogen) atoms. The van der Waals surface area contributed by atoms with Crippen molar-refractivity contribution in [2.24, 2.45) is 5.10 Å². The Labute approximate surface area is 146 Å². The number of benzene rings is 2. The third kappa shape index (κ3) is 4.60. The number of hydrazone groups is 1. The van der Waals surface area contributed by atoms with Gasteiger partial charge in [0.15, 0.2) is 5.75 Å². The number of para-hydroxylation sites is 1. The molecular formula is C16H13FN4O5. The number of hydrogen-bond acceptors (Lipinski definition) is 6. The second kappa shape index (κ2) is 8.33. The van der Waals surface area contributed by atoms with E-state index in [2.05, 4.69) is 10.4 Å². The molecule has 2 N–H and O–H groups in total. The lowest BCUT2D eigenvalue weighted by molar-refractivity contribution is -0.385. The van der Waals surface area contributed by atoms with Crippen molar-refractivity contribution in [3.8, 4) is 5.75 Å². The van der Waals surface area contributed by atoms with Crippen LogP contribution in [-0.4, -0.2) is 30.1 Å². The summed E-state index contributed by atoms with van der Waals surface area (Å²) in [5.41, 5.74) is 1.81. The van der Waals surface area contributed by atoms with Crippen molar-refractivity contribution in [2.45, 2.75) is 0 Å². The van der Waals surface area contributed by atoms with Gasteiger partial charge in [0.2, 0.25) is 0 Å². The molecule has 0 saturated carbocycles. The molecule has 134 valence electrons. The molecule has 0 fully saturated rings. The molecule has 2 amide bonds. The molecule has 2 aromatic carbocycles. The van der Waals surface area contributed by atoms with E-state index in [1.54, 1.807) is 0 Å². The number of nitro groups is 1. The molecule has 2 aromatic rings. The average molecular weight is 360 g/mol. The maximum Gasteiger partial charge on any atom is 0.329 e. The summed E-state index contributed by atoms with van der Waals surface area (Å²) in [5.74, 6) is -2.87. The fourth-order valence-electron chi connectivity index (χ4n) is 1.89. The maximum atomic E-state index is 13.4. The van der Waals surface area contributed by atoms with Crippen molar-refractivity contribution in [2.75, 3.05) is 12.4 Å². The van der Waals surface area contributed by atoms with Crippen molar-refractivity contribution < 1.29 is 23.6 Å². The van der Waals surface area contributed by atoms with Crippen LogP contribution < -0.4 is 15.5 Å². The fourth-order valence-corrected chi connectivity index (χ4v) is 1.89. The van der Waals surface area contributed by atoms with Crippen molar-refractivity contribution >= 4 is 29.4 Å². The monoisotopic (exact) mass is 360 g/mol. The molecular weight excluding hydrogens is 347 g/mol. The highest BCUT2D eigenvalue weighted by Gasteiger charge is 2.16. The molecule has 10 heteroatoms. The number of rotatable bonds is 5. The second-order valence-electron chi connectivity index (χ2n) is 4.82. The summed E-state index contributed by atoms with van der Waals surface area (Å²) >= 11 is 0. The van der Waals surface area contributed by atoms with E-state index in [0.717, 1.165) is 12.3 Å². The molecule has 0 aliphatic heterocycles. The first kappa shape index (κ1) is 18.5. The topological polar surface area (TPSA) is 123 Å². The van der Waals surface area contributed by atoms with Gasteiger partial charge in [-0.1, -0.05) is 12.1 Å². The number of amides is 2. The number of nitro benzene ring substituents is 1. The van der Waals surface area contributed by atoms with Gasteiger partial charge in [0.1, 0.15) is 5.82 Å². The molecule has 0 radical (unpaired) electrons. The predicted octanol–water partition coefficient (Wildman–Crippen LogP) is 1.83. The summed E-state index contributed by atoms with van der Waals surface area (Å²) in [6, 6.07) is 9.37. The normalized spacial score (nSPS) is 10.4. The summed E-state index contributed by atoms with van der Waals surface area (Å²) in [6.07, 6.45) is 1.11. The van der Waals surface area contributed by atoms with Crippen LogP contribution in [0.25, 0.3) is 0 Å². The molecule has 0 aliphatic carbocycles. The van der Waals surface area contributed by atoms with Crippen LogP contribution in [0.3, 0.4) is 0 Å². The maximum absolute atomic E-state index is 13.4. The Hall–Kier alpha value is -3.82. The van der Waals surface area contributed by atoms with Crippen LogP contribution >= 0.6 is 0 Å². The van der Waals surface area contributed by atoms with Crippen LogP contribution in [0, 0.1) is 15.9 Å². The first-order valence-electron chi connectivity index (χ1n) is 7.13. The van der Waals surface area contributed by atoms with Crippen LogP contribution in [0.1, 0.15) is 5.56 Å². The van der Waals surface area contributed by atoms with E-state index in [4.69, 9.17) is 4.74 Å². The molecule has 0 unspecified atom stereocenters. The zero-order valence-corrected chi connectivity index (χ0v) is 13.4. The van der Waals surface area contributed by atoms with Gasteiger partial charge in [-0.2, -0.15) is 5.10 Å². The summed E-state index contributed by atoms with van der Waals surface area (Å²) in [7, 11) is 1.30. The minimum Gasteiger partial charge on any atom is -0.490 e. The van der Waals surface area contributed by atoms with Crippen molar-refractivity contribution in [3.63, 3.8) is 0 Å². The van der Waals surface area contributed by atoms with Crippen LogP contribution in [-0.2, 0) is 9.59 Å². The first-order valence-corrected chi connectivity index (χ1v) is 7.13. The Kier molecular flexibility index (Phi) is 5.93. The van der Waals surface area contributed by atoms with Gasteiger partial charge in [0.05, 0.1) is 23.9 Å². The van der Waals surface area contributed by atoms with Crippen LogP contribution in [0.4, 0.5) is 15.8 Å². The fraction of sp³-hybridized carbons (Fsp3) is 0.0625. The van der Waals surface area contributed by atoms with Gasteiger partial charge in [-0.05, 0) is 24.3 Å². The van der Waals surface area contributed by atoms with E-state index in [9.17, 15) is 24.1 Å². The molecule has 0 aliphatic rings. The largest absolute Gasteiger partial charge is 0.490 e. The number of nitrogens with zero attached hydrogens (tertiary/aromatic N) is 2. The van der Waals surface area contributed by atoms with Crippen LogP contribution in [0.5, 0.6) is 5.75 Å². The zero-order chi connectivity index (χ0) is 19.1. The van der Waals surface area contributed by atoms with E-state index in [1.807, 2.05) is 5.43 Å². The Morgan fingerprint density at radius 2 is 1.96 bits per heavy atom. The molecule has 0 spiro atoms. The van der Waals surface area contributed by atoms with E-state index < -0.39 is 22.6 Å². The Balaban J connectivity index is 2.00. The highest BCUT2D eigenvalue weighted by Crippen LogP contribution is 2.26. The van der Waals surface area contributed by atoms with Gasteiger partial charge in [-0.25, -0.2) is 9.82 Å². The summed E-state index contributed by atoms with van der Waals surface area (Å²) in [5, 5.41) is 16.6. The first-order chi connectivity index (χ1) is 12.4. The standard InChI is InChI=1S/C16H13FN4O5/c1-26-14-7-6-10(8-13(14)21(24)25)9-18-20-16(23)15(22)19-12-5-3-2-4-11(12)17/h2-9H,1H3,(H,19,22)(H,20,23)/b18-9-. The van der Waals surface area contributed by atoms with Gasteiger partial charge in [0.25, 0.3) is 0 Å². The average Bonchev–Trinajstić information content (AvgIpc) is 2.63. The van der Waals surface area contributed by atoms with E-state index >= 15 is 0 Å². The van der Waals surface area contributed by atoms with Gasteiger partial charge >= 0.3 is 17.5 Å². The number of nitrogens with one attached hydrogen (secondary N) is 2. The molecule has 0 aromatic heterocycles. The minimum absolute atomic E-state index is 0.0699. The number of anilines is 1. The lowest BCUT2D eigenvalue weighted by Gasteiger charge is -2.04. The smallest absolute Gasteiger partial charge is 0.329 e. The Bertz CT molecular complexity index is 885. The molecule has 0 atom stereocenters. The third-order valence-corrected chi connectivity index (χ3v) is 3.11. The van der Waals surface area contributed by atoms with E-state index in [0.29, 0.717) is 5.56 Å². The zero-order valence-electron chi connectivity index (χ0n) is 13.4. The minimum atomic E-state index is -1.13. The third-order valence-electron chi connectivity index (χ3n) is 3.11. The Morgan fingerprint density at radius 1 is 1.23 bits per heavy atom. The highest BCUT2D eigenvalue weighted by molar-refractivity contribution is 6.39. The van der Waals surface area contributed by atoms with Crippen LogP contribution in [0.2, 0.25) is 0 Å². The van der Waals surface area contributed by atoms with E-state index in [-0.39, 0.29) is 17.1 Å². The molecule has 2 rings (SSSR count). The van der Waals surface area contributed by atoms with Gasteiger partial charge in [0, 0.05) is 11.6 Å². The van der Waals surface area contributed by atoms with Gasteiger partial charge in [-0.3, -0.25) is 19.7 Å². The Morgan fingerprint density at radius 3 is 2.62 bits per heavy atom. The number of carbonyl (C=O) groups excluding carboxylic acids is 2.